The van der Waals surface area contributed by atoms with Gasteiger partial charge < -0.3 is 15.1 Å². The van der Waals surface area contributed by atoms with Crippen molar-refractivity contribution >= 4 is 5.97 Å². The molecule has 1 rings (SSSR count). The normalized spacial score (nSPS) is 31.5. The van der Waals surface area contributed by atoms with E-state index in [1.165, 1.54) is 0 Å². The maximum absolute atomic E-state index is 10.5. The molecular formula is C11H21NO3. The fourth-order valence-electron chi connectivity index (χ4n) is 1.97. The van der Waals surface area contributed by atoms with Crippen molar-refractivity contribution in [2.24, 2.45) is 5.41 Å². The lowest BCUT2D eigenvalue weighted by atomic mass is 9.71. The standard InChI is InChI=1S/C11H21NO3/c1-10(2)8-12(6-4-9(13)14)7-5-11(10,3)15/h15H,4-8H2,1-3H3,(H,13,14). The van der Waals surface area contributed by atoms with Gasteiger partial charge in [0.1, 0.15) is 0 Å². The van der Waals surface area contributed by atoms with Crippen LogP contribution in [0, 0.1) is 5.41 Å². The molecule has 0 saturated carbocycles. The smallest absolute Gasteiger partial charge is 0.304 e. The Morgan fingerprint density at radius 3 is 2.47 bits per heavy atom. The highest BCUT2D eigenvalue weighted by molar-refractivity contribution is 5.66. The molecule has 1 saturated heterocycles. The Hall–Kier alpha value is -0.610. The lowest BCUT2D eigenvalue weighted by Gasteiger charge is -2.48. The van der Waals surface area contributed by atoms with Crippen molar-refractivity contribution in [2.75, 3.05) is 19.6 Å². The molecular weight excluding hydrogens is 194 g/mol. The molecule has 0 radical (unpaired) electrons. The van der Waals surface area contributed by atoms with Crippen molar-refractivity contribution in [3.8, 4) is 0 Å². The summed E-state index contributed by atoms with van der Waals surface area (Å²) in [5.74, 6) is -0.759. The van der Waals surface area contributed by atoms with Gasteiger partial charge in [-0.3, -0.25) is 4.79 Å². The van der Waals surface area contributed by atoms with E-state index in [2.05, 4.69) is 4.90 Å². The summed E-state index contributed by atoms with van der Waals surface area (Å²) in [4.78, 5) is 12.6. The van der Waals surface area contributed by atoms with E-state index < -0.39 is 11.6 Å². The number of aliphatic hydroxyl groups is 1. The van der Waals surface area contributed by atoms with Gasteiger partial charge >= 0.3 is 5.97 Å². The second kappa shape index (κ2) is 4.10. The first-order valence-electron chi connectivity index (χ1n) is 5.41. The van der Waals surface area contributed by atoms with Crippen LogP contribution in [0.15, 0.2) is 0 Å². The molecule has 1 aliphatic heterocycles. The molecule has 0 amide bonds. The lowest BCUT2D eigenvalue weighted by Crippen LogP contribution is -2.55. The van der Waals surface area contributed by atoms with Gasteiger partial charge in [0.2, 0.25) is 0 Å². The third-order valence-electron chi connectivity index (χ3n) is 3.63. The van der Waals surface area contributed by atoms with E-state index in [1.54, 1.807) is 0 Å². The molecule has 0 aliphatic carbocycles. The number of nitrogens with zero attached hydrogens (tertiary/aromatic N) is 1. The van der Waals surface area contributed by atoms with Crippen LogP contribution >= 0.6 is 0 Å². The van der Waals surface area contributed by atoms with Crippen LogP contribution in [-0.2, 0) is 4.79 Å². The SMILES string of the molecule is CC1(C)CN(CCC(=O)O)CCC1(C)O. The van der Waals surface area contributed by atoms with Gasteiger partial charge in [0, 0.05) is 25.0 Å². The van der Waals surface area contributed by atoms with E-state index in [0.717, 1.165) is 13.1 Å². The Bertz CT molecular complexity index is 248. The molecule has 88 valence electrons. The number of carboxylic acid groups (broad SMARTS) is 1. The molecule has 2 N–H and O–H groups in total. The minimum Gasteiger partial charge on any atom is -0.481 e. The zero-order chi connectivity index (χ0) is 11.7. The van der Waals surface area contributed by atoms with Crippen molar-refractivity contribution < 1.29 is 15.0 Å². The summed E-state index contributed by atoms with van der Waals surface area (Å²) in [5, 5.41) is 18.8. The maximum atomic E-state index is 10.5. The molecule has 4 heteroatoms. The second-order valence-electron chi connectivity index (χ2n) is 5.33. The molecule has 1 heterocycles. The first-order chi connectivity index (χ1) is 6.74. The van der Waals surface area contributed by atoms with Crippen molar-refractivity contribution in [3.05, 3.63) is 0 Å². The first kappa shape index (κ1) is 12.5. The van der Waals surface area contributed by atoms with Gasteiger partial charge in [-0.05, 0) is 13.3 Å². The van der Waals surface area contributed by atoms with E-state index in [-0.39, 0.29) is 11.8 Å². The van der Waals surface area contributed by atoms with Gasteiger partial charge in [-0.15, -0.1) is 0 Å². The lowest BCUT2D eigenvalue weighted by molar-refractivity contribution is -0.138. The molecule has 1 unspecified atom stereocenters. The van der Waals surface area contributed by atoms with Crippen LogP contribution in [-0.4, -0.2) is 46.3 Å². The maximum Gasteiger partial charge on any atom is 0.304 e. The fraction of sp³-hybridized carbons (Fsp3) is 0.909. The van der Waals surface area contributed by atoms with E-state index in [1.807, 2.05) is 20.8 Å². The monoisotopic (exact) mass is 215 g/mol. The van der Waals surface area contributed by atoms with Crippen molar-refractivity contribution in [1.29, 1.82) is 0 Å². The predicted molar refractivity (Wildman–Crippen MR) is 57.7 cm³/mol. The molecule has 1 atom stereocenters. The molecule has 4 nitrogen and oxygen atoms in total. The van der Waals surface area contributed by atoms with E-state index in [0.29, 0.717) is 13.0 Å². The Morgan fingerprint density at radius 2 is 2.00 bits per heavy atom. The number of hydrogen-bond acceptors (Lipinski definition) is 3. The van der Waals surface area contributed by atoms with Crippen LogP contribution in [0.3, 0.4) is 0 Å². The third-order valence-corrected chi connectivity index (χ3v) is 3.63. The number of piperidine rings is 1. The fourth-order valence-corrected chi connectivity index (χ4v) is 1.97. The average Bonchev–Trinajstić information content (AvgIpc) is 2.07. The van der Waals surface area contributed by atoms with Crippen LogP contribution in [0.1, 0.15) is 33.6 Å². The highest BCUT2D eigenvalue weighted by atomic mass is 16.4. The van der Waals surface area contributed by atoms with E-state index >= 15 is 0 Å². The third kappa shape index (κ3) is 2.92. The zero-order valence-corrected chi connectivity index (χ0v) is 9.79. The number of aliphatic carboxylic acids is 1. The summed E-state index contributed by atoms with van der Waals surface area (Å²) in [6.07, 6.45) is 0.887. The molecule has 0 aromatic heterocycles. The summed E-state index contributed by atoms with van der Waals surface area (Å²) in [6.45, 7) is 8.03. The van der Waals surface area contributed by atoms with Crippen LogP contribution < -0.4 is 0 Å². The van der Waals surface area contributed by atoms with Crippen molar-refractivity contribution in [2.45, 2.75) is 39.2 Å². The number of carbonyl (C=O) groups is 1. The van der Waals surface area contributed by atoms with E-state index in [9.17, 15) is 9.90 Å². The summed E-state index contributed by atoms with van der Waals surface area (Å²) < 4.78 is 0. The number of rotatable bonds is 3. The van der Waals surface area contributed by atoms with Crippen LogP contribution in [0.25, 0.3) is 0 Å². The molecule has 0 spiro atoms. The topological polar surface area (TPSA) is 60.8 Å². The molecule has 0 aromatic carbocycles. The van der Waals surface area contributed by atoms with Crippen LogP contribution in [0.5, 0.6) is 0 Å². The quantitative estimate of drug-likeness (QED) is 0.735. The van der Waals surface area contributed by atoms with Gasteiger partial charge in [0.15, 0.2) is 0 Å². The van der Waals surface area contributed by atoms with Crippen LogP contribution in [0.4, 0.5) is 0 Å². The summed E-state index contributed by atoms with van der Waals surface area (Å²) in [7, 11) is 0. The largest absolute Gasteiger partial charge is 0.481 e. The minimum atomic E-state index is -0.759. The molecule has 0 aromatic rings. The minimum absolute atomic E-state index is 0.177. The van der Waals surface area contributed by atoms with Gasteiger partial charge in [0.05, 0.1) is 12.0 Å². The van der Waals surface area contributed by atoms with Gasteiger partial charge in [-0.2, -0.15) is 0 Å². The van der Waals surface area contributed by atoms with E-state index in [4.69, 9.17) is 5.11 Å². The Morgan fingerprint density at radius 1 is 1.40 bits per heavy atom. The zero-order valence-electron chi connectivity index (χ0n) is 9.79. The molecule has 0 bridgehead atoms. The number of hydrogen-bond donors (Lipinski definition) is 2. The first-order valence-corrected chi connectivity index (χ1v) is 5.41. The molecule has 15 heavy (non-hydrogen) atoms. The number of likely N-dealkylation sites (tertiary alicyclic amines) is 1. The Kier molecular flexibility index (Phi) is 3.41. The number of carboxylic acids is 1. The Balaban J connectivity index is 2.51. The van der Waals surface area contributed by atoms with Crippen LogP contribution in [0.2, 0.25) is 0 Å². The molecule has 1 fully saturated rings. The highest BCUT2D eigenvalue weighted by Crippen LogP contribution is 2.37. The summed E-state index contributed by atoms with van der Waals surface area (Å²) >= 11 is 0. The van der Waals surface area contributed by atoms with Crippen molar-refractivity contribution in [1.82, 2.24) is 4.90 Å². The predicted octanol–water partition coefficient (Wildman–Crippen LogP) is 0.944. The van der Waals surface area contributed by atoms with Gasteiger partial charge in [-0.1, -0.05) is 13.8 Å². The van der Waals surface area contributed by atoms with Gasteiger partial charge in [0.25, 0.3) is 0 Å². The second-order valence-corrected chi connectivity index (χ2v) is 5.33. The highest BCUT2D eigenvalue weighted by Gasteiger charge is 2.43. The summed E-state index contributed by atoms with van der Waals surface area (Å²) in [5.41, 5.74) is -0.823. The summed E-state index contributed by atoms with van der Waals surface area (Å²) in [6, 6.07) is 0. The average molecular weight is 215 g/mol. The van der Waals surface area contributed by atoms with Gasteiger partial charge in [-0.25, -0.2) is 0 Å². The Labute approximate surface area is 90.9 Å². The molecule has 1 aliphatic rings. The van der Waals surface area contributed by atoms with Crippen molar-refractivity contribution in [3.63, 3.8) is 0 Å².